The fourth-order valence-electron chi connectivity index (χ4n) is 2.93. The number of H-pyrrole nitrogens is 1. The van der Waals surface area contributed by atoms with Crippen LogP contribution in [0, 0.1) is 25.2 Å². The summed E-state index contributed by atoms with van der Waals surface area (Å²) in [5.41, 5.74) is 5.96. The lowest BCUT2D eigenvalue weighted by Crippen LogP contribution is -2.19. The molecule has 4 N–H and O–H groups in total. The molecule has 0 saturated carbocycles. The average molecular weight is 429 g/mol. The first-order valence-electron chi connectivity index (χ1n) is 8.40. The molecule has 0 bridgehead atoms. The van der Waals surface area contributed by atoms with E-state index in [0.717, 1.165) is 12.1 Å². The summed E-state index contributed by atoms with van der Waals surface area (Å²) in [6.07, 6.45) is -4.37. The van der Waals surface area contributed by atoms with Crippen molar-refractivity contribution in [3.63, 3.8) is 0 Å². The van der Waals surface area contributed by atoms with Gasteiger partial charge in [-0.05, 0) is 55.2 Å². The summed E-state index contributed by atoms with van der Waals surface area (Å²) in [7, 11) is 0. The number of anilines is 1. The van der Waals surface area contributed by atoms with Gasteiger partial charge in [0.15, 0.2) is 0 Å². The number of pyridine rings is 1. The Labute approximate surface area is 171 Å². The Morgan fingerprint density at radius 2 is 1.93 bits per heavy atom. The number of aromatic amines is 1. The topological polar surface area (TPSA) is 112 Å². The van der Waals surface area contributed by atoms with Crippen molar-refractivity contribution in [1.29, 1.82) is 5.26 Å². The Morgan fingerprint density at radius 3 is 2.48 bits per heavy atom. The van der Waals surface area contributed by atoms with Crippen LogP contribution in [0.2, 0.25) is 0 Å². The number of nitriles is 1. The molecule has 0 aliphatic carbocycles. The number of carbonyl (C=O) groups is 1. The van der Waals surface area contributed by atoms with Crippen molar-refractivity contribution >= 4 is 24.0 Å². The van der Waals surface area contributed by atoms with E-state index in [2.05, 4.69) is 10.3 Å². The van der Waals surface area contributed by atoms with E-state index in [-0.39, 0.29) is 48.6 Å². The molecule has 0 radical (unpaired) electrons. The van der Waals surface area contributed by atoms with Crippen molar-refractivity contribution in [1.82, 2.24) is 4.98 Å². The number of alkyl halides is 3. The molecule has 0 unspecified atom stereocenters. The standard InChI is InChI=1S/C19H19F3N4O2.ClH/c1-10-15(11(2)25-18(28)16(10)9-24)3-4-17(27)26-14-6-12(8-23)5-13(7-14)19(20,21)22;/h5-7H,3-4,8,23H2,1-2H3,(H,25,28)(H,26,27);1H. The van der Waals surface area contributed by atoms with Gasteiger partial charge < -0.3 is 16.0 Å². The molecule has 0 spiro atoms. The minimum absolute atomic E-state index is 0. The SMILES string of the molecule is Cc1[nH]c(=O)c(C#N)c(C)c1CCC(=O)Nc1cc(CN)cc(C(F)(F)F)c1.Cl. The Bertz CT molecular complexity index is 1010. The molecule has 0 aliphatic rings. The molecular weight excluding hydrogens is 409 g/mol. The first-order chi connectivity index (χ1) is 13.1. The van der Waals surface area contributed by atoms with Crippen LogP contribution in [0.25, 0.3) is 0 Å². The van der Waals surface area contributed by atoms with Crippen LogP contribution in [0.3, 0.4) is 0 Å². The smallest absolute Gasteiger partial charge is 0.326 e. The summed E-state index contributed by atoms with van der Waals surface area (Å²) in [6.45, 7) is 3.18. The molecule has 2 rings (SSSR count). The lowest BCUT2D eigenvalue weighted by Gasteiger charge is -2.13. The summed E-state index contributed by atoms with van der Waals surface area (Å²) < 4.78 is 38.9. The fraction of sp³-hybridized carbons (Fsp3) is 0.316. The second kappa shape index (κ2) is 9.58. The van der Waals surface area contributed by atoms with Crippen LogP contribution in [0.5, 0.6) is 0 Å². The summed E-state index contributed by atoms with van der Waals surface area (Å²) in [5, 5.41) is 11.5. The molecule has 1 heterocycles. The van der Waals surface area contributed by atoms with Gasteiger partial charge in [0.2, 0.25) is 5.91 Å². The van der Waals surface area contributed by atoms with Gasteiger partial charge in [0.1, 0.15) is 11.6 Å². The van der Waals surface area contributed by atoms with Crippen LogP contribution >= 0.6 is 12.4 Å². The van der Waals surface area contributed by atoms with E-state index in [1.54, 1.807) is 13.8 Å². The van der Waals surface area contributed by atoms with E-state index in [0.29, 0.717) is 16.8 Å². The number of amides is 1. The molecule has 1 amide bonds. The first kappa shape index (κ1) is 24.2. The van der Waals surface area contributed by atoms with Gasteiger partial charge in [0.05, 0.1) is 5.56 Å². The Hall–Kier alpha value is -2.83. The number of rotatable bonds is 5. The largest absolute Gasteiger partial charge is 0.416 e. The van der Waals surface area contributed by atoms with E-state index in [1.807, 2.05) is 6.07 Å². The Balaban J connectivity index is 0.00000420. The molecule has 1 aromatic heterocycles. The highest BCUT2D eigenvalue weighted by Crippen LogP contribution is 2.32. The van der Waals surface area contributed by atoms with E-state index in [9.17, 15) is 22.8 Å². The number of nitrogens with one attached hydrogen (secondary N) is 2. The van der Waals surface area contributed by atoms with Crippen LogP contribution in [0.15, 0.2) is 23.0 Å². The monoisotopic (exact) mass is 428 g/mol. The summed E-state index contributed by atoms with van der Waals surface area (Å²) in [6, 6.07) is 5.00. The normalized spacial score (nSPS) is 10.8. The maximum atomic E-state index is 13.0. The third kappa shape index (κ3) is 5.82. The zero-order valence-electron chi connectivity index (χ0n) is 15.7. The van der Waals surface area contributed by atoms with E-state index in [4.69, 9.17) is 11.0 Å². The molecule has 10 heteroatoms. The van der Waals surface area contributed by atoms with E-state index in [1.165, 1.54) is 6.07 Å². The molecule has 0 aliphatic heterocycles. The number of halogens is 4. The van der Waals surface area contributed by atoms with Crippen molar-refractivity contribution in [2.24, 2.45) is 5.73 Å². The molecular formula is C19H20ClF3N4O2. The van der Waals surface area contributed by atoms with Crippen molar-refractivity contribution in [3.05, 3.63) is 62.1 Å². The zero-order valence-corrected chi connectivity index (χ0v) is 16.6. The van der Waals surface area contributed by atoms with Gasteiger partial charge in [-0.3, -0.25) is 9.59 Å². The van der Waals surface area contributed by atoms with Crippen LogP contribution in [0.1, 0.15) is 39.9 Å². The minimum atomic E-state index is -4.55. The zero-order chi connectivity index (χ0) is 21.1. The van der Waals surface area contributed by atoms with Crippen molar-refractivity contribution in [3.8, 4) is 6.07 Å². The predicted octanol–water partition coefficient (Wildman–Crippen LogP) is 3.33. The summed E-state index contributed by atoms with van der Waals surface area (Å²) in [5.74, 6) is -0.495. The van der Waals surface area contributed by atoms with Gasteiger partial charge >= 0.3 is 6.18 Å². The molecule has 6 nitrogen and oxygen atoms in total. The highest BCUT2D eigenvalue weighted by Gasteiger charge is 2.31. The van der Waals surface area contributed by atoms with Gasteiger partial charge in [0, 0.05) is 24.3 Å². The lowest BCUT2D eigenvalue weighted by atomic mass is 9.99. The van der Waals surface area contributed by atoms with Gasteiger partial charge in [0.25, 0.3) is 5.56 Å². The molecule has 0 atom stereocenters. The fourth-order valence-corrected chi connectivity index (χ4v) is 2.93. The second-order valence-electron chi connectivity index (χ2n) is 6.34. The van der Waals surface area contributed by atoms with Crippen LogP contribution in [-0.2, 0) is 23.9 Å². The van der Waals surface area contributed by atoms with Gasteiger partial charge in [-0.15, -0.1) is 12.4 Å². The Morgan fingerprint density at radius 1 is 1.28 bits per heavy atom. The number of hydrogen-bond donors (Lipinski definition) is 3. The maximum absolute atomic E-state index is 13.0. The van der Waals surface area contributed by atoms with Crippen LogP contribution in [0.4, 0.5) is 18.9 Å². The number of nitrogens with two attached hydrogens (primary N) is 1. The predicted molar refractivity (Wildman–Crippen MR) is 105 cm³/mol. The van der Waals surface area contributed by atoms with Crippen molar-refractivity contribution in [2.75, 3.05) is 5.32 Å². The summed E-state index contributed by atoms with van der Waals surface area (Å²) in [4.78, 5) is 26.5. The third-order valence-electron chi connectivity index (χ3n) is 4.36. The van der Waals surface area contributed by atoms with Gasteiger partial charge in [-0.1, -0.05) is 0 Å². The van der Waals surface area contributed by atoms with Gasteiger partial charge in [-0.2, -0.15) is 18.4 Å². The van der Waals surface area contributed by atoms with E-state index >= 15 is 0 Å². The lowest BCUT2D eigenvalue weighted by molar-refractivity contribution is -0.137. The van der Waals surface area contributed by atoms with E-state index < -0.39 is 23.2 Å². The number of nitrogens with zero attached hydrogens (tertiary/aromatic N) is 1. The molecule has 1 aromatic carbocycles. The summed E-state index contributed by atoms with van der Waals surface area (Å²) >= 11 is 0. The molecule has 2 aromatic rings. The van der Waals surface area contributed by atoms with Crippen LogP contribution < -0.4 is 16.6 Å². The third-order valence-corrected chi connectivity index (χ3v) is 4.36. The number of aryl methyl sites for hydroxylation is 1. The average Bonchev–Trinajstić information content (AvgIpc) is 2.60. The molecule has 156 valence electrons. The molecule has 29 heavy (non-hydrogen) atoms. The highest BCUT2D eigenvalue weighted by molar-refractivity contribution is 5.91. The van der Waals surface area contributed by atoms with Gasteiger partial charge in [-0.25, -0.2) is 0 Å². The Kier molecular flexibility index (Phi) is 8.00. The number of hydrogen-bond acceptors (Lipinski definition) is 4. The second-order valence-corrected chi connectivity index (χ2v) is 6.34. The molecule has 0 fully saturated rings. The highest BCUT2D eigenvalue weighted by atomic mass is 35.5. The molecule has 0 saturated heterocycles. The minimum Gasteiger partial charge on any atom is -0.326 e. The van der Waals surface area contributed by atoms with Crippen LogP contribution in [-0.4, -0.2) is 10.9 Å². The van der Waals surface area contributed by atoms with Crippen molar-refractivity contribution in [2.45, 2.75) is 39.4 Å². The number of aromatic nitrogens is 1. The van der Waals surface area contributed by atoms with Crippen molar-refractivity contribution < 1.29 is 18.0 Å². The first-order valence-corrected chi connectivity index (χ1v) is 8.40. The quantitative estimate of drug-likeness (QED) is 0.678. The maximum Gasteiger partial charge on any atom is 0.416 e. The number of carbonyl (C=O) groups excluding carboxylic acids is 1. The number of benzene rings is 1.